The molecule has 0 aliphatic carbocycles. The Kier molecular flexibility index (Phi) is 9.69. The van der Waals surface area contributed by atoms with E-state index in [1.165, 1.54) is 5.56 Å². The molecule has 1 amide bonds. The molecule has 4 rings (SSSR count). The van der Waals surface area contributed by atoms with Gasteiger partial charge >= 0.3 is 0 Å². The first kappa shape index (κ1) is 28.3. The molecular formula is C34H41N3O2. The maximum absolute atomic E-state index is 14.3. The fraction of sp³-hybridized carbons (Fsp3) is 0.382. The van der Waals surface area contributed by atoms with Gasteiger partial charge in [0.2, 0.25) is 5.91 Å². The predicted octanol–water partition coefficient (Wildman–Crippen LogP) is 7.61. The topological polar surface area (TPSA) is 55.2 Å². The summed E-state index contributed by atoms with van der Waals surface area (Å²) in [5.41, 5.74) is 3.57. The molecule has 0 saturated carbocycles. The van der Waals surface area contributed by atoms with Crippen molar-refractivity contribution in [2.45, 2.75) is 78.2 Å². The molecule has 3 aromatic carbocycles. The first-order valence-corrected chi connectivity index (χ1v) is 14.5. The Morgan fingerprint density at radius 2 is 1.54 bits per heavy atom. The number of hydrogen-bond donors (Lipinski definition) is 0. The molecule has 2 atom stereocenters. The minimum Gasteiger partial charge on any atom is -0.332 e. The van der Waals surface area contributed by atoms with Gasteiger partial charge in [0.15, 0.2) is 0 Å². The first-order chi connectivity index (χ1) is 19.0. The zero-order valence-electron chi connectivity index (χ0n) is 23.8. The number of hydrogen-bond acceptors (Lipinski definition) is 3. The van der Waals surface area contributed by atoms with Gasteiger partial charge in [-0.3, -0.25) is 14.2 Å². The number of carbonyl (C=O) groups is 1. The van der Waals surface area contributed by atoms with Crippen LogP contribution in [0.2, 0.25) is 0 Å². The van der Waals surface area contributed by atoms with Crippen molar-refractivity contribution in [1.29, 1.82) is 0 Å². The van der Waals surface area contributed by atoms with Crippen LogP contribution in [0.3, 0.4) is 0 Å². The van der Waals surface area contributed by atoms with E-state index in [2.05, 4.69) is 39.8 Å². The number of carbonyl (C=O) groups excluding carboxylic acids is 1. The van der Waals surface area contributed by atoms with E-state index in [0.717, 1.165) is 36.9 Å². The third kappa shape index (κ3) is 6.13. The van der Waals surface area contributed by atoms with E-state index in [4.69, 9.17) is 4.98 Å². The van der Waals surface area contributed by atoms with Gasteiger partial charge in [0.1, 0.15) is 5.82 Å². The number of unbranched alkanes of at least 4 members (excludes halogenated alkanes) is 2. The number of para-hydroxylation sites is 1. The van der Waals surface area contributed by atoms with Gasteiger partial charge in [-0.1, -0.05) is 95.1 Å². The largest absolute Gasteiger partial charge is 0.332 e. The standard InChI is InChI=1S/C34H41N3O2/c1-5-9-15-24-36(33(38)28(7-3)26-16-11-10-12-17-26)31(8-4)32-35-30-19-14-13-18-29(30)34(39)37(32)27-22-20-25(6-2)21-23-27/h10-14,16-23,28,31H,5-9,15,24H2,1-4H3. The average Bonchev–Trinajstić information content (AvgIpc) is 2.98. The summed E-state index contributed by atoms with van der Waals surface area (Å²) < 4.78 is 1.74. The molecule has 0 aliphatic heterocycles. The lowest BCUT2D eigenvalue weighted by molar-refractivity contribution is -0.136. The molecule has 5 heteroatoms. The highest BCUT2D eigenvalue weighted by atomic mass is 16.2. The van der Waals surface area contributed by atoms with Crippen LogP contribution in [0.5, 0.6) is 0 Å². The number of fused-ring (bicyclic) bond motifs is 1. The van der Waals surface area contributed by atoms with E-state index in [-0.39, 0.29) is 23.4 Å². The average molecular weight is 524 g/mol. The smallest absolute Gasteiger partial charge is 0.266 e. The first-order valence-electron chi connectivity index (χ1n) is 14.5. The van der Waals surface area contributed by atoms with Crippen LogP contribution < -0.4 is 5.56 Å². The molecule has 39 heavy (non-hydrogen) atoms. The molecule has 204 valence electrons. The summed E-state index contributed by atoms with van der Waals surface area (Å²) in [4.78, 5) is 35.4. The summed E-state index contributed by atoms with van der Waals surface area (Å²) in [6.07, 6.45) is 5.30. The molecule has 1 heterocycles. The van der Waals surface area contributed by atoms with Crippen molar-refractivity contribution in [2.24, 2.45) is 0 Å². The van der Waals surface area contributed by atoms with E-state index in [1.807, 2.05) is 71.6 Å². The SMILES string of the molecule is CCCCCN(C(=O)C(CC)c1ccccc1)C(CC)c1nc2ccccc2c(=O)n1-c1ccc(CC)cc1. The summed E-state index contributed by atoms with van der Waals surface area (Å²) in [6.45, 7) is 9.07. The Labute approximate surface area is 232 Å². The minimum absolute atomic E-state index is 0.0990. The summed E-state index contributed by atoms with van der Waals surface area (Å²) in [5, 5.41) is 0.579. The van der Waals surface area contributed by atoms with Crippen LogP contribution in [0.15, 0.2) is 83.7 Å². The molecule has 0 radical (unpaired) electrons. The molecule has 0 fully saturated rings. The van der Waals surface area contributed by atoms with Crippen molar-refractivity contribution >= 4 is 16.8 Å². The zero-order valence-corrected chi connectivity index (χ0v) is 23.8. The number of benzene rings is 3. The number of nitrogens with zero attached hydrogens (tertiary/aromatic N) is 3. The van der Waals surface area contributed by atoms with Crippen LogP contribution in [-0.4, -0.2) is 26.9 Å². The second-order valence-electron chi connectivity index (χ2n) is 10.2. The summed E-state index contributed by atoms with van der Waals surface area (Å²) in [5.74, 6) is 0.478. The van der Waals surface area contributed by atoms with Crippen molar-refractivity contribution in [3.05, 3.63) is 106 Å². The highest BCUT2D eigenvalue weighted by molar-refractivity contribution is 5.84. The highest BCUT2D eigenvalue weighted by Gasteiger charge is 2.32. The van der Waals surface area contributed by atoms with Crippen molar-refractivity contribution in [1.82, 2.24) is 14.5 Å². The Hall–Kier alpha value is -3.73. The molecule has 1 aromatic heterocycles. The van der Waals surface area contributed by atoms with Gasteiger partial charge in [-0.15, -0.1) is 0 Å². The molecule has 0 spiro atoms. The van der Waals surface area contributed by atoms with Crippen LogP contribution >= 0.6 is 0 Å². The normalized spacial score (nSPS) is 12.8. The van der Waals surface area contributed by atoms with Crippen molar-refractivity contribution in [3.63, 3.8) is 0 Å². The lowest BCUT2D eigenvalue weighted by Gasteiger charge is -2.35. The van der Waals surface area contributed by atoms with Crippen LogP contribution in [0.25, 0.3) is 16.6 Å². The summed E-state index contributed by atoms with van der Waals surface area (Å²) in [7, 11) is 0. The summed E-state index contributed by atoms with van der Waals surface area (Å²) in [6, 6.07) is 25.3. The van der Waals surface area contributed by atoms with Gasteiger partial charge in [0.05, 0.1) is 28.6 Å². The fourth-order valence-corrected chi connectivity index (χ4v) is 5.44. The van der Waals surface area contributed by atoms with Gasteiger partial charge in [-0.25, -0.2) is 4.98 Å². The van der Waals surface area contributed by atoms with Gasteiger partial charge in [0.25, 0.3) is 5.56 Å². The minimum atomic E-state index is -0.338. The third-order valence-corrected chi connectivity index (χ3v) is 7.66. The van der Waals surface area contributed by atoms with Crippen molar-refractivity contribution in [2.75, 3.05) is 6.54 Å². The van der Waals surface area contributed by atoms with E-state index < -0.39 is 0 Å². The zero-order chi connectivity index (χ0) is 27.8. The number of aromatic nitrogens is 2. The van der Waals surface area contributed by atoms with Crippen LogP contribution in [0.1, 0.15) is 88.7 Å². The maximum atomic E-state index is 14.3. The quantitative estimate of drug-likeness (QED) is 0.180. The van der Waals surface area contributed by atoms with E-state index in [0.29, 0.717) is 36.1 Å². The Bertz CT molecular complexity index is 1430. The van der Waals surface area contributed by atoms with Gasteiger partial charge < -0.3 is 4.90 Å². The number of amides is 1. The maximum Gasteiger partial charge on any atom is 0.266 e. The lowest BCUT2D eigenvalue weighted by atomic mass is 9.93. The fourth-order valence-electron chi connectivity index (χ4n) is 5.44. The monoisotopic (exact) mass is 523 g/mol. The summed E-state index contributed by atoms with van der Waals surface area (Å²) >= 11 is 0. The third-order valence-electron chi connectivity index (χ3n) is 7.66. The molecule has 0 aliphatic rings. The van der Waals surface area contributed by atoms with Crippen molar-refractivity contribution < 1.29 is 4.79 Å². The molecular weight excluding hydrogens is 482 g/mol. The van der Waals surface area contributed by atoms with E-state index in [9.17, 15) is 9.59 Å². The van der Waals surface area contributed by atoms with Crippen LogP contribution in [-0.2, 0) is 11.2 Å². The lowest BCUT2D eigenvalue weighted by Crippen LogP contribution is -2.41. The van der Waals surface area contributed by atoms with E-state index >= 15 is 0 Å². The molecule has 2 unspecified atom stereocenters. The number of aryl methyl sites for hydroxylation is 1. The Morgan fingerprint density at radius 3 is 2.18 bits per heavy atom. The Balaban J connectivity index is 1.90. The molecule has 5 nitrogen and oxygen atoms in total. The molecule has 0 bridgehead atoms. The number of rotatable bonds is 12. The second-order valence-corrected chi connectivity index (χ2v) is 10.2. The van der Waals surface area contributed by atoms with Crippen molar-refractivity contribution in [3.8, 4) is 5.69 Å². The second kappa shape index (κ2) is 13.4. The van der Waals surface area contributed by atoms with E-state index in [1.54, 1.807) is 4.57 Å². The molecule has 0 saturated heterocycles. The Morgan fingerprint density at radius 1 is 0.846 bits per heavy atom. The molecule has 4 aromatic rings. The van der Waals surface area contributed by atoms with Gasteiger partial charge in [0, 0.05) is 6.54 Å². The van der Waals surface area contributed by atoms with Crippen LogP contribution in [0, 0.1) is 0 Å². The predicted molar refractivity (Wildman–Crippen MR) is 160 cm³/mol. The van der Waals surface area contributed by atoms with Gasteiger partial charge in [-0.05, 0) is 61.1 Å². The van der Waals surface area contributed by atoms with Gasteiger partial charge in [-0.2, -0.15) is 0 Å². The highest BCUT2D eigenvalue weighted by Crippen LogP contribution is 2.31. The van der Waals surface area contributed by atoms with Crippen LogP contribution in [0.4, 0.5) is 0 Å². The molecule has 0 N–H and O–H groups in total.